The lowest BCUT2D eigenvalue weighted by atomic mass is 9.91. The van der Waals surface area contributed by atoms with Crippen molar-refractivity contribution in [3.63, 3.8) is 0 Å². The summed E-state index contributed by atoms with van der Waals surface area (Å²) < 4.78 is 0. The Hall–Kier alpha value is -1.81. The third-order valence-electron chi connectivity index (χ3n) is 4.90. The van der Waals surface area contributed by atoms with E-state index in [1.165, 1.54) is 42.3 Å². The van der Waals surface area contributed by atoms with Crippen LogP contribution in [0, 0.1) is 0 Å². The van der Waals surface area contributed by atoms with Gasteiger partial charge in [-0.25, -0.2) is 0 Å². The minimum absolute atomic E-state index is 0.119. The number of hydrogen-bond acceptors (Lipinski definition) is 2. The highest BCUT2D eigenvalue weighted by Gasteiger charge is 2.32. The number of H-pyrrole nitrogens is 1. The molecule has 2 heterocycles. The van der Waals surface area contributed by atoms with Gasteiger partial charge in [-0.2, -0.15) is 0 Å². The number of nitrogens with one attached hydrogen (secondary N) is 2. The molecule has 1 aromatic carbocycles. The average Bonchev–Trinajstić information content (AvgIpc) is 2.93. The molecule has 2 aromatic rings. The molecule has 124 valence electrons. The van der Waals surface area contributed by atoms with Crippen molar-refractivity contribution in [1.29, 1.82) is 0 Å². The number of aromatic nitrogens is 1. The van der Waals surface area contributed by atoms with Gasteiger partial charge in [0.15, 0.2) is 0 Å². The standard InChI is InChI=1S/C19H26N2O2/c1-2-3-4-5-6-11-16-18-14(12-17(20-16)19(22)23)13-9-7-8-10-15(13)21-18/h7-10,16-17,20-21H,2-6,11-12H2,1H3,(H,22,23)/t16-,17-/m0/s1. The van der Waals surface area contributed by atoms with Crippen LogP contribution in [-0.4, -0.2) is 22.1 Å². The molecule has 1 aliphatic rings. The van der Waals surface area contributed by atoms with Crippen molar-refractivity contribution in [1.82, 2.24) is 10.3 Å². The van der Waals surface area contributed by atoms with Crippen molar-refractivity contribution < 1.29 is 9.90 Å². The highest BCUT2D eigenvalue weighted by atomic mass is 16.4. The van der Waals surface area contributed by atoms with Crippen LogP contribution in [0.25, 0.3) is 10.9 Å². The van der Waals surface area contributed by atoms with Crippen molar-refractivity contribution in [3.8, 4) is 0 Å². The van der Waals surface area contributed by atoms with Crippen molar-refractivity contribution in [3.05, 3.63) is 35.5 Å². The van der Waals surface area contributed by atoms with Crippen LogP contribution in [0.15, 0.2) is 24.3 Å². The Kier molecular flexibility index (Phi) is 5.01. The Morgan fingerprint density at radius 3 is 2.78 bits per heavy atom. The number of benzene rings is 1. The molecule has 1 aliphatic heterocycles. The summed E-state index contributed by atoms with van der Waals surface area (Å²) in [6, 6.07) is 7.84. The number of fused-ring (bicyclic) bond motifs is 3. The van der Waals surface area contributed by atoms with Gasteiger partial charge in [0.25, 0.3) is 0 Å². The van der Waals surface area contributed by atoms with Crippen LogP contribution >= 0.6 is 0 Å². The zero-order chi connectivity index (χ0) is 16.2. The maximum atomic E-state index is 11.5. The van der Waals surface area contributed by atoms with E-state index in [1.807, 2.05) is 12.1 Å². The summed E-state index contributed by atoms with van der Waals surface area (Å²) in [6.45, 7) is 2.22. The Morgan fingerprint density at radius 2 is 2.00 bits per heavy atom. The molecular formula is C19H26N2O2. The van der Waals surface area contributed by atoms with Crippen LogP contribution in [0.1, 0.15) is 62.7 Å². The second-order valence-electron chi connectivity index (χ2n) is 6.58. The quantitative estimate of drug-likeness (QED) is 0.672. The second kappa shape index (κ2) is 7.18. The van der Waals surface area contributed by atoms with Crippen LogP contribution in [0.4, 0.5) is 0 Å². The Balaban J connectivity index is 1.80. The molecule has 0 bridgehead atoms. The number of rotatable bonds is 7. The maximum Gasteiger partial charge on any atom is 0.321 e. The van der Waals surface area contributed by atoms with Gasteiger partial charge in [-0.1, -0.05) is 57.2 Å². The normalized spacial score (nSPS) is 20.6. The van der Waals surface area contributed by atoms with Crippen LogP contribution in [-0.2, 0) is 11.2 Å². The molecule has 0 unspecified atom stereocenters. The highest BCUT2D eigenvalue weighted by molar-refractivity contribution is 5.86. The zero-order valence-electron chi connectivity index (χ0n) is 13.8. The molecule has 4 nitrogen and oxygen atoms in total. The summed E-state index contributed by atoms with van der Waals surface area (Å²) in [5.74, 6) is -0.753. The molecule has 0 aliphatic carbocycles. The summed E-state index contributed by atoms with van der Waals surface area (Å²) in [4.78, 5) is 15.0. The summed E-state index contributed by atoms with van der Waals surface area (Å²) in [7, 11) is 0. The third kappa shape index (κ3) is 3.42. The molecule has 4 heteroatoms. The van der Waals surface area contributed by atoms with Crippen LogP contribution in [0.2, 0.25) is 0 Å². The lowest BCUT2D eigenvalue weighted by molar-refractivity contribution is -0.139. The predicted molar refractivity (Wildman–Crippen MR) is 92.7 cm³/mol. The molecule has 0 fully saturated rings. The Bertz CT molecular complexity index is 677. The fourth-order valence-electron chi connectivity index (χ4n) is 3.67. The smallest absolute Gasteiger partial charge is 0.321 e. The van der Waals surface area contributed by atoms with Gasteiger partial charge in [-0.05, 0) is 18.1 Å². The van der Waals surface area contributed by atoms with E-state index in [0.717, 1.165) is 18.4 Å². The van der Waals surface area contributed by atoms with Gasteiger partial charge in [0.2, 0.25) is 0 Å². The van der Waals surface area contributed by atoms with Crippen LogP contribution in [0.5, 0.6) is 0 Å². The van der Waals surface area contributed by atoms with Gasteiger partial charge in [0, 0.05) is 29.1 Å². The predicted octanol–water partition coefficient (Wildman–Crippen LogP) is 4.17. The second-order valence-corrected chi connectivity index (χ2v) is 6.58. The molecule has 0 spiro atoms. The molecule has 0 radical (unpaired) electrons. The Labute approximate surface area is 137 Å². The largest absolute Gasteiger partial charge is 0.480 e. The first-order chi connectivity index (χ1) is 11.2. The highest BCUT2D eigenvalue weighted by Crippen LogP contribution is 2.34. The number of hydrogen-bond donors (Lipinski definition) is 3. The number of carbonyl (C=O) groups is 1. The van der Waals surface area contributed by atoms with E-state index < -0.39 is 12.0 Å². The van der Waals surface area contributed by atoms with E-state index in [9.17, 15) is 9.90 Å². The van der Waals surface area contributed by atoms with Crippen molar-refractivity contribution in [2.75, 3.05) is 0 Å². The molecule has 2 atom stereocenters. The van der Waals surface area contributed by atoms with E-state index in [0.29, 0.717) is 6.42 Å². The topological polar surface area (TPSA) is 65.1 Å². The molecule has 0 saturated carbocycles. The molecular weight excluding hydrogens is 288 g/mol. The lowest BCUT2D eigenvalue weighted by Gasteiger charge is -2.29. The minimum Gasteiger partial charge on any atom is -0.480 e. The number of aromatic amines is 1. The molecule has 0 amide bonds. The Morgan fingerprint density at radius 1 is 1.22 bits per heavy atom. The van der Waals surface area contributed by atoms with E-state index in [4.69, 9.17) is 0 Å². The van der Waals surface area contributed by atoms with E-state index in [1.54, 1.807) is 0 Å². The fraction of sp³-hybridized carbons (Fsp3) is 0.526. The number of unbranched alkanes of at least 4 members (excludes halogenated alkanes) is 4. The SMILES string of the molecule is CCCCCCC[C@@H]1N[C@H](C(=O)O)Cc2c1[nH]c1ccccc21. The fourth-order valence-corrected chi connectivity index (χ4v) is 3.67. The first-order valence-electron chi connectivity index (χ1n) is 8.79. The van der Waals surface area contributed by atoms with Crippen LogP contribution < -0.4 is 5.32 Å². The molecule has 23 heavy (non-hydrogen) atoms. The van der Waals surface area contributed by atoms with Gasteiger partial charge in [0.05, 0.1) is 0 Å². The lowest BCUT2D eigenvalue weighted by Crippen LogP contribution is -2.44. The summed E-state index contributed by atoms with van der Waals surface area (Å²) in [5.41, 5.74) is 3.49. The summed E-state index contributed by atoms with van der Waals surface area (Å²) in [6.07, 6.45) is 7.71. The first-order valence-corrected chi connectivity index (χ1v) is 8.79. The monoisotopic (exact) mass is 314 g/mol. The van der Waals surface area contributed by atoms with E-state index in [-0.39, 0.29) is 6.04 Å². The minimum atomic E-state index is -0.753. The number of carboxylic acids is 1. The van der Waals surface area contributed by atoms with Gasteiger partial charge in [-0.15, -0.1) is 0 Å². The first kappa shape index (κ1) is 16.1. The van der Waals surface area contributed by atoms with Crippen molar-refractivity contribution in [2.24, 2.45) is 0 Å². The maximum absolute atomic E-state index is 11.5. The molecule has 3 N–H and O–H groups in total. The average molecular weight is 314 g/mol. The molecule has 3 rings (SSSR count). The number of aliphatic carboxylic acids is 1. The molecule has 1 aromatic heterocycles. The zero-order valence-corrected chi connectivity index (χ0v) is 13.8. The van der Waals surface area contributed by atoms with Gasteiger partial charge in [-0.3, -0.25) is 10.1 Å². The van der Waals surface area contributed by atoms with Crippen molar-refractivity contribution >= 4 is 16.9 Å². The van der Waals surface area contributed by atoms with Gasteiger partial charge in [0.1, 0.15) is 6.04 Å². The van der Waals surface area contributed by atoms with Gasteiger partial charge < -0.3 is 10.1 Å². The number of carboxylic acid groups (broad SMARTS) is 1. The number of para-hydroxylation sites is 1. The molecule has 0 saturated heterocycles. The van der Waals surface area contributed by atoms with E-state index in [2.05, 4.69) is 29.4 Å². The van der Waals surface area contributed by atoms with Gasteiger partial charge >= 0.3 is 5.97 Å². The van der Waals surface area contributed by atoms with Crippen molar-refractivity contribution in [2.45, 2.75) is 64.0 Å². The third-order valence-corrected chi connectivity index (χ3v) is 4.90. The summed E-state index contributed by atoms with van der Waals surface area (Å²) in [5, 5.41) is 14.0. The summed E-state index contributed by atoms with van der Waals surface area (Å²) >= 11 is 0. The van der Waals surface area contributed by atoms with Crippen LogP contribution in [0.3, 0.4) is 0 Å². The van der Waals surface area contributed by atoms with E-state index >= 15 is 0 Å².